The van der Waals surface area contributed by atoms with Crippen molar-refractivity contribution in [2.24, 2.45) is 17.8 Å². The molecule has 0 saturated heterocycles. The monoisotopic (exact) mass is 375 g/mol. The van der Waals surface area contributed by atoms with Crippen molar-refractivity contribution in [3.05, 3.63) is 33.9 Å². The minimum Gasteiger partial charge on any atom is -0.477 e. The van der Waals surface area contributed by atoms with Gasteiger partial charge in [0.25, 0.3) is 5.91 Å². The zero-order valence-corrected chi connectivity index (χ0v) is 15.6. The molecule has 0 radical (unpaired) electrons. The van der Waals surface area contributed by atoms with E-state index in [0.29, 0.717) is 11.8 Å². The van der Waals surface area contributed by atoms with Gasteiger partial charge in [-0.05, 0) is 62.5 Å². The number of fused-ring (bicyclic) bond motifs is 2. The number of ether oxygens (including phenoxy) is 1. The maximum Gasteiger partial charge on any atom is 0.321 e. The summed E-state index contributed by atoms with van der Waals surface area (Å²) in [7, 11) is 0. The Hall–Kier alpha value is -2.64. The summed E-state index contributed by atoms with van der Waals surface area (Å²) in [6, 6.07) is 3.86. The third kappa shape index (κ3) is 4.56. The first kappa shape index (κ1) is 19.1. The number of carbonyl (C=O) groups excluding carboxylic acids is 2. The summed E-state index contributed by atoms with van der Waals surface area (Å²) < 4.78 is 5.25. The molecule has 4 atom stereocenters. The van der Waals surface area contributed by atoms with Crippen molar-refractivity contribution >= 4 is 17.6 Å². The molecule has 0 aromatic heterocycles. The quantitative estimate of drug-likeness (QED) is 0.587. The summed E-state index contributed by atoms with van der Waals surface area (Å²) in [6.45, 7) is 3.27. The van der Waals surface area contributed by atoms with Crippen LogP contribution in [0, 0.1) is 34.8 Å². The van der Waals surface area contributed by atoms with Gasteiger partial charge in [-0.25, -0.2) is 4.79 Å². The highest BCUT2D eigenvalue weighted by molar-refractivity contribution is 5.95. The van der Waals surface area contributed by atoms with Gasteiger partial charge in [-0.3, -0.25) is 20.2 Å². The fourth-order valence-electron chi connectivity index (χ4n) is 4.45. The Kier molecular flexibility index (Phi) is 5.62. The molecule has 2 fully saturated rings. The first-order valence-electron chi connectivity index (χ1n) is 9.31. The molecule has 1 aromatic rings. The maximum absolute atomic E-state index is 12.1. The Morgan fingerprint density at radius 2 is 2.11 bits per heavy atom. The van der Waals surface area contributed by atoms with Crippen molar-refractivity contribution in [3.63, 3.8) is 0 Å². The molecule has 3 rings (SSSR count). The van der Waals surface area contributed by atoms with Crippen LogP contribution in [0.15, 0.2) is 18.2 Å². The molecule has 8 heteroatoms. The van der Waals surface area contributed by atoms with Crippen LogP contribution in [0.4, 0.5) is 10.5 Å². The van der Waals surface area contributed by atoms with Crippen LogP contribution in [0.3, 0.4) is 0 Å². The summed E-state index contributed by atoms with van der Waals surface area (Å²) in [6.07, 6.45) is 4.91. The molecule has 2 N–H and O–H groups in total. The molecule has 0 spiro atoms. The Bertz CT molecular complexity index is 751. The summed E-state index contributed by atoms with van der Waals surface area (Å²) >= 11 is 0. The predicted octanol–water partition coefficient (Wildman–Crippen LogP) is 2.93. The van der Waals surface area contributed by atoms with E-state index in [-0.39, 0.29) is 17.5 Å². The number of aryl methyl sites for hydroxylation is 1. The minimum absolute atomic E-state index is 0.00547. The predicted molar refractivity (Wildman–Crippen MR) is 98.4 cm³/mol. The molecule has 146 valence electrons. The highest BCUT2D eigenvalue weighted by Crippen LogP contribution is 2.49. The number of urea groups is 1. The second-order valence-corrected chi connectivity index (χ2v) is 7.67. The lowest BCUT2D eigenvalue weighted by Gasteiger charge is -2.28. The highest BCUT2D eigenvalue weighted by atomic mass is 16.6. The maximum atomic E-state index is 12.1. The van der Waals surface area contributed by atoms with Crippen molar-refractivity contribution in [2.75, 3.05) is 6.61 Å². The van der Waals surface area contributed by atoms with Crippen molar-refractivity contribution < 1.29 is 19.2 Å². The normalized spacial score (nSPS) is 24.3. The van der Waals surface area contributed by atoms with E-state index in [9.17, 15) is 19.7 Å². The fourth-order valence-corrected chi connectivity index (χ4v) is 4.45. The van der Waals surface area contributed by atoms with Crippen molar-refractivity contribution in [1.82, 2.24) is 10.6 Å². The number of benzene rings is 1. The lowest BCUT2D eigenvalue weighted by Crippen LogP contribution is -2.48. The smallest absolute Gasteiger partial charge is 0.321 e. The summed E-state index contributed by atoms with van der Waals surface area (Å²) in [4.78, 5) is 34.5. The van der Waals surface area contributed by atoms with E-state index in [1.807, 2.05) is 6.92 Å². The van der Waals surface area contributed by atoms with E-state index in [0.717, 1.165) is 17.9 Å². The van der Waals surface area contributed by atoms with E-state index in [1.54, 1.807) is 13.0 Å². The molecule has 1 aromatic carbocycles. The second kappa shape index (κ2) is 7.94. The van der Waals surface area contributed by atoms with E-state index in [4.69, 9.17) is 4.74 Å². The average molecular weight is 375 g/mol. The van der Waals surface area contributed by atoms with Gasteiger partial charge in [-0.2, -0.15) is 0 Å². The second-order valence-electron chi connectivity index (χ2n) is 7.67. The van der Waals surface area contributed by atoms with Crippen molar-refractivity contribution in [3.8, 4) is 5.75 Å². The Balaban J connectivity index is 1.47. The fraction of sp³-hybridized carbons (Fsp3) is 0.579. The zero-order chi connectivity index (χ0) is 19.6. The molecule has 0 heterocycles. The molecular weight excluding hydrogens is 350 g/mol. The van der Waals surface area contributed by atoms with Gasteiger partial charge in [0.15, 0.2) is 12.4 Å². The zero-order valence-electron chi connectivity index (χ0n) is 15.6. The third-order valence-corrected chi connectivity index (χ3v) is 5.72. The van der Waals surface area contributed by atoms with Gasteiger partial charge >= 0.3 is 11.7 Å². The number of rotatable bonds is 6. The van der Waals surface area contributed by atoms with Crippen LogP contribution in [0.1, 0.15) is 38.2 Å². The minimum atomic E-state index is -0.650. The lowest BCUT2D eigenvalue weighted by molar-refractivity contribution is -0.385. The van der Waals surface area contributed by atoms with Crippen molar-refractivity contribution in [2.45, 2.75) is 45.6 Å². The topological polar surface area (TPSA) is 111 Å². The van der Waals surface area contributed by atoms with Gasteiger partial charge in [0.05, 0.1) is 4.92 Å². The molecule has 2 saturated carbocycles. The third-order valence-electron chi connectivity index (χ3n) is 5.72. The number of amides is 3. The largest absolute Gasteiger partial charge is 0.477 e. The van der Waals surface area contributed by atoms with Gasteiger partial charge in [0.1, 0.15) is 0 Å². The number of nitro benzene ring substituents is 1. The first-order valence-corrected chi connectivity index (χ1v) is 9.31. The molecule has 8 nitrogen and oxygen atoms in total. The SMILES string of the molecule is Cc1ccc([N+](=O)[O-])c(OCC(=O)NC(=O)NC(C)C2CC3CCC2C3)c1. The number of nitrogens with zero attached hydrogens (tertiary/aromatic N) is 1. The number of hydrogen-bond acceptors (Lipinski definition) is 5. The number of hydrogen-bond donors (Lipinski definition) is 2. The van der Waals surface area contributed by atoms with Gasteiger partial charge in [0.2, 0.25) is 0 Å². The number of nitrogens with one attached hydrogen (secondary N) is 2. The summed E-state index contributed by atoms with van der Waals surface area (Å²) in [5, 5.41) is 16.1. The van der Waals surface area contributed by atoms with Crippen molar-refractivity contribution in [1.29, 1.82) is 0 Å². The van der Waals surface area contributed by atoms with Crippen LogP contribution in [-0.4, -0.2) is 29.5 Å². The van der Waals surface area contributed by atoms with Crippen LogP contribution < -0.4 is 15.4 Å². The Labute approximate surface area is 157 Å². The summed E-state index contributed by atoms with van der Waals surface area (Å²) in [5.41, 5.74) is 0.552. The van der Waals surface area contributed by atoms with E-state index < -0.39 is 23.5 Å². The highest BCUT2D eigenvalue weighted by Gasteiger charge is 2.42. The molecule has 3 amide bonds. The van der Waals surface area contributed by atoms with Crippen LogP contribution >= 0.6 is 0 Å². The molecule has 0 aliphatic heterocycles. The van der Waals surface area contributed by atoms with E-state index in [1.165, 1.54) is 31.4 Å². The molecular formula is C19H25N3O5. The number of nitro groups is 1. The summed E-state index contributed by atoms with van der Waals surface area (Å²) in [5.74, 6) is 1.28. The van der Waals surface area contributed by atoms with Gasteiger partial charge < -0.3 is 10.1 Å². The van der Waals surface area contributed by atoms with Gasteiger partial charge in [-0.15, -0.1) is 0 Å². The molecule has 2 bridgehead atoms. The standard InChI is InChI=1S/C19H25N3O5/c1-11-3-6-16(22(25)26)17(7-11)27-10-18(23)21-19(24)20-12(2)15-9-13-4-5-14(15)8-13/h3,6-7,12-15H,4-5,8-10H2,1-2H3,(H2,20,21,23,24). The van der Waals surface area contributed by atoms with Gasteiger partial charge in [-0.1, -0.05) is 12.5 Å². The van der Waals surface area contributed by atoms with Gasteiger partial charge in [0, 0.05) is 12.1 Å². The molecule has 4 unspecified atom stereocenters. The Morgan fingerprint density at radius 1 is 1.33 bits per heavy atom. The van der Waals surface area contributed by atoms with E-state index in [2.05, 4.69) is 10.6 Å². The van der Waals surface area contributed by atoms with E-state index >= 15 is 0 Å². The van der Waals surface area contributed by atoms with Crippen LogP contribution in [0.2, 0.25) is 0 Å². The van der Waals surface area contributed by atoms with Crippen LogP contribution in [-0.2, 0) is 4.79 Å². The number of carbonyl (C=O) groups is 2. The van der Waals surface area contributed by atoms with Crippen LogP contribution in [0.5, 0.6) is 5.75 Å². The molecule has 2 aliphatic carbocycles. The van der Waals surface area contributed by atoms with Crippen LogP contribution in [0.25, 0.3) is 0 Å². The Morgan fingerprint density at radius 3 is 2.74 bits per heavy atom. The molecule has 2 aliphatic rings. The molecule has 27 heavy (non-hydrogen) atoms. The average Bonchev–Trinajstić information content (AvgIpc) is 3.23. The first-order chi connectivity index (χ1) is 12.8. The lowest BCUT2D eigenvalue weighted by atomic mass is 9.84. The number of imide groups is 1.